The van der Waals surface area contributed by atoms with E-state index in [1.807, 2.05) is 13.8 Å². The lowest BCUT2D eigenvalue weighted by Crippen LogP contribution is -2.58. The normalized spacial score (nSPS) is 33.1. The maximum atomic E-state index is 14.6. The molecular weight excluding hydrogens is 562 g/mol. The number of benzene rings is 1. The van der Waals surface area contributed by atoms with Crippen molar-refractivity contribution < 1.29 is 33.8 Å². The fourth-order valence-corrected chi connectivity index (χ4v) is 6.94. The van der Waals surface area contributed by atoms with Gasteiger partial charge < -0.3 is 29.7 Å². The number of allylic oxidation sites excluding steroid dienone is 1. The second-order valence-corrected chi connectivity index (χ2v) is 12.3. The second-order valence-electron chi connectivity index (χ2n) is 11.9. The summed E-state index contributed by atoms with van der Waals surface area (Å²) in [4.78, 5) is 58.0. The number of carbonyl (C=O) groups is 4. The molecule has 0 radical (unpaired) electrons. The Kier molecular flexibility index (Phi) is 8.78. The van der Waals surface area contributed by atoms with E-state index in [2.05, 4.69) is 5.32 Å². The molecule has 1 aromatic rings. The minimum Gasteiger partial charge on any atom is -0.460 e. The molecule has 226 valence electrons. The molecule has 2 fully saturated rings. The number of cyclic esters (lactones) is 1. The Morgan fingerprint density at radius 3 is 2.62 bits per heavy atom. The average Bonchev–Trinajstić information content (AvgIpc) is 3.34. The van der Waals surface area contributed by atoms with Crippen molar-refractivity contribution in [3.8, 4) is 0 Å². The highest BCUT2D eigenvalue weighted by Gasteiger charge is 2.72. The largest absolute Gasteiger partial charge is 0.460 e. The number of ether oxygens (including phenoxy) is 2. The van der Waals surface area contributed by atoms with Crippen molar-refractivity contribution in [1.29, 1.82) is 0 Å². The fourth-order valence-electron chi connectivity index (χ4n) is 6.70. The summed E-state index contributed by atoms with van der Waals surface area (Å²) in [6.45, 7) is 5.58. The highest BCUT2D eigenvalue weighted by Crippen LogP contribution is 2.54. The van der Waals surface area contributed by atoms with Crippen LogP contribution in [0.5, 0.6) is 0 Å². The van der Waals surface area contributed by atoms with E-state index < -0.39 is 59.5 Å². The lowest BCUT2D eigenvalue weighted by Gasteiger charge is -2.39. The highest BCUT2D eigenvalue weighted by molar-refractivity contribution is 6.34. The maximum absolute atomic E-state index is 14.6. The van der Waals surface area contributed by atoms with Crippen molar-refractivity contribution in [1.82, 2.24) is 10.2 Å². The van der Waals surface area contributed by atoms with Gasteiger partial charge in [0.25, 0.3) is 5.91 Å². The summed E-state index contributed by atoms with van der Waals surface area (Å²) in [5.41, 5.74) is -1.01. The summed E-state index contributed by atoms with van der Waals surface area (Å²) < 4.78 is 12.4. The summed E-state index contributed by atoms with van der Waals surface area (Å²) in [5, 5.41) is 13.6. The summed E-state index contributed by atoms with van der Waals surface area (Å²) in [6, 6.07) is 5.14. The SMILES string of the molecule is CC(C)C[C@H](CO)N1C(=O)[C@H]2[C@@H]3C(=O)O[C@@H](C)CNC(=O)CC/C=C\[C@@H]3O[C@]23C=CCN(c2ccccc2Cl)C(=O)[C@H]13. The third kappa shape index (κ3) is 5.36. The van der Waals surface area contributed by atoms with Crippen LogP contribution >= 0.6 is 11.6 Å². The topological polar surface area (TPSA) is 125 Å². The number of hydrogen-bond acceptors (Lipinski definition) is 7. The molecule has 4 heterocycles. The number of carbonyl (C=O) groups excluding carboxylic acids is 4. The molecular formula is C31H38ClN3O7. The van der Waals surface area contributed by atoms with E-state index in [1.54, 1.807) is 55.5 Å². The van der Waals surface area contributed by atoms with Gasteiger partial charge in [0, 0.05) is 13.0 Å². The minimum absolute atomic E-state index is 0.112. The number of anilines is 1. The number of aliphatic hydroxyl groups is 1. The first-order valence-corrected chi connectivity index (χ1v) is 14.9. The molecule has 42 heavy (non-hydrogen) atoms. The van der Waals surface area contributed by atoms with E-state index in [0.29, 0.717) is 23.6 Å². The Balaban J connectivity index is 1.64. The lowest BCUT2D eigenvalue weighted by molar-refractivity contribution is -0.159. The molecule has 3 amide bonds. The second kappa shape index (κ2) is 12.2. The number of rotatable bonds is 5. The molecule has 2 saturated heterocycles. The first kappa shape index (κ1) is 30.3. The predicted molar refractivity (Wildman–Crippen MR) is 155 cm³/mol. The molecule has 0 unspecified atom stereocenters. The zero-order valence-electron chi connectivity index (χ0n) is 24.1. The monoisotopic (exact) mass is 599 g/mol. The predicted octanol–water partition coefficient (Wildman–Crippen LogP) is 2.63. The molecule has 5 rings (SSSR count). The first-order valence-electron chi connectivity index (χ1n) is 14.6. The van der Waals surface area contributed by atoms with Crippen molar-refractivity contribution in [2.24, 2.45) is 17.8 Å². The van der Waals surface area contributed by atoms with Gasteiger partial charge in [0.15, 0.2) is 0 Å². The van der Waals surface area contributed by atoms with Gasteiger partial charge in [-0.3, -0.25) is 19.2 Å². The van der Waals surface area contributed by atoms with Crippen LogP contribution in [0.15, 0.2) is 48.6 Å². The number of nitrogens with zero attached hydrogens (tertiary/aromatic N) is 2. The van der Waals surface area contributed by atoms with Crippen LogP contribution in [-0.4, -0.2) is 83.3 Å². The van der Waals surface area contributed by atoms with Crippen LogP contribution in [0, 0.1) is 17.8 Å². The van der Waals surface area contributed by atoms with E-state index in [1.165, 1.54) is 9.80 Å². The van der Waals surface area contributed by atoms with Gasteiger partial charge in [-0.25, -0.2) is 0 Å². The number of nitrogens with one attached hydrogen (secondary N) is 1. The smallest absolute Gasteiger partial charge is 0.313 e. The van der Waals surface area contributed by atoms with Crippen LogP contribution in [0.3, 0.4) is 0 Å². The molecule has 0 bridgehead atoms. The van der Waals surface area contributed by atoms with Gasteiger partial charge >= 0.3 is 5.97 Å². The molecule has 0 aromatic heterocycles. The number of amides is 3. The van der Waals surface area contributed by atoms with Gasteiger partial charge in [0.2, 0.25) is 11.8 Å². The maximum Gasteiger partial charge on any atom is 0.313 e. The van der Waals surface area contributed by atoms with Crippen LogP contribution in [0.1, 0.15) is 40.0 Å². The number of para-hydroxylation sites is 1. The van der Waals surface area contributed by atoms with Crippen molar-refractivity contribution in [3.05, 3.63) is 53.6 Å². The molecule has 0 aliphatic carbocycles. The Bertz CT molecular complexity index is 1300. The van der Waals surface area contributed by atoms with E-state index in [0.717, 1.165) is 0 Å². The van der Waals surface area contributed by atoms with Crippen molar-refractivity contribution in [2.45, 2.75) is 69.9 Å². The third-order valence-electron chi connectivity index (χ3n) is 8.46. The number of esters is 1. The van der Waals surface area contributed by atoms with Gasteiger partial charge in [0.05, 0.1) is 41.9 Å². The minimum atomic E-state index is -1.50. The van der Waals surface area contributed by atoms with E-state index in [4.69, 9.17) is 21.1 Å². The summed E-state index contributed by atoms with van der Waals surface area (Å²) in [5.74, 6) is -3.65. The van der Waals surface area contributed by atoms with Gasteiger partial charge in [-0.15, -0.1) is 0 Å². The number of halogens is 1. The van der Waals surface area contributed by atoms with Gasteiger partial charge in [-0.1, -0.05) is 61.9 Å². The highest BCUT2D eigenvalue weighted by atomic mass is 35.5. The number of fused-ring (bicyclic) bond motifs is 2. The fraction of sp³-hybridized carbons (Fsp3) is 0.548. The quantitative estimate of drug-likeness (QED) is 0.394. The summed E-state index contributed by atoms with van der Waals surface area (Å²) in [7, 11) is 0. The molecule has 0 saturated carbocycles. The third-order valence-corrected chi connectivity index (χ3v) is 8.78. The standard InChI is InChI=1S/C31H38ClN3O7/c1-18(2)15-20(17-36)35-27-29(39)34(22-10-5-4-9-21(22)32)14-8-13-31(27)26(28(35)38)25-23(42-31)11-6-7-12-24(37)33-16-19(3)41-30(25)40/h4-6,8-11,13,18-20,23,25-27,36H,7,12,14-17H2,1-3H3,(H,33,37)/b11-6-/t19-,20+,23-,25+,26+,27-,31+/m0/s1. The van der Waals surface area contributed by atoms with Crippen molar-refractivity contribution in [2.75, 3.05) is 24.6 Å². The first-order chi connectivity index (χ1) is 20.1. The zero-order chi connectivity index (χ0) is 30.2. The molecule has 1 spiro atoms. The number of hydrogen-bond donors (Lipinski definition) is 2. The molecule has 1 aromatic carbocycles. The van der Waals surface area contributed by atoms with Crippen LogP contribution in [-0.2, 0) is 28.7 Å². The van der Waals surface area contributed by atoms with E-state index in [-0.39, 0.29) is 37.9 Å². The molecule has 11 heteroatoms. The van der Waals surface area contributed by atoms with E-state index >= 15 is 0 Å². The zero-order valence-corrected chi connectivity index (χ0v) is 24.8. The summed E-state index contributed by atoms with van der Waals surface area (Å²) in [6.07, 6.45) is 6.56. The van der Waals surface area contributed by atoms with E-state index in [9.17, 15) is 24.3 Å². The summed E-state index contributed by atoms with van der Waals surface area (Å²) >= 11 is 6.52. The Labute approximate surface area is 250 Å². The number of likely N-dealkylation sites (tertiary alicyclic amines) is 1. The molecule has 7 atom stereocenters. The number of aliphatic hydroxyl groups excluding tert-OH is 1. The van der Waals surface area contributed by atoms with Crippen LogP contribution in [0.25, 0.3) is 0 Å². The average molecular weight is 600 g/mol. The molecule has 10 nitrogen and oxygen atoms in total. The Morgan fingerprint density at radius 1 is 1.14 bits per heavy atom. The Morgan fingerprint density at radius 2 is 1.90 bits per heavy atom. The molecule has 4 aliphatic heterocycles. The lowest BCUT2D eigenvalue weighted by atomic mass is 9.78. The molecule has 4 aliphatic rings. The van der Waals surface area contributed by atoms with Gasteiger partial charge in [0.1, 0.15) is 23.7 Å². The van der Waals surface area contributed by atoms with Gasteiger partial charge in [-0.05, 0) is 37.8 Å². The Hall–Kier alpha value is -3.21. The van der Waals surface area contributed by atoms with Crippen molar-refractivity contribution in [3.63, 3.8) is 0 Å². The van der Waals surface area contributed by atoms with Crippen LogP contribution in [0.4, 0.5) is 5.69 Å². The van der Waals surface area contributed by atoms with Crippen LogP contribution < -0.4 is 10.2 Å². The van der Waals surface area contributed by atoms with Crippen LogP contribution in [0.2, 0.25) is 5.02 Å². The van der Waals surface area contributed by atoms with Gasteiger partial charge in [-0.2, -0.15) is 0 Å². The van der Waals surface area contributed by atoms with Crippen molar-refractivity contribution >= 4 is 41.0 Å². The molecule has 2 N–H and O–H groups in total.